The summed E-state index contributed by atoms with van der Waals surface area (Å²) < 4.78 is 5.88. The molecule has 1 N–H and O–H groups in total. The molecule has 0 atom stereocenters. The largest absolute Gasteiger partial charge is 0.441 e. The van der Waals surface area contributed by atoms with E-state index in [2.05, 4.69) is 50.3 Å². The maximum atomic E-state index is 5.88. The first-order valence-electron chi connectivity index (χ1n) is 9.23. The number of pyridine rings is 1. The number of hydrogen-bond donors (Lipinski definition) is 1. The maximum Gasteiger partial charge on any atom is 0.226 e. The minimum atomic E-state index is 0.677. The van der Waals surface area contributed by atoms with Gasteiger partial charge in [-0.15, -0.1) is 0 Å². The summed E-state index contributed by atoms with van der Waals surface area (Å²) in [5.74, 6) is 2.27. The number of nitrogens with one attached hydrogen (secondary N) is 1. The molecule has 1 aliphatic rings. The Morgan fingerprint density at radius 1 is 1.21 bits per heavy atom. The van der Waals surface area contributed by atoms with Gasteiger partial charge in [0.25, 0.3) is 0 Å². The number of nitrogens with zero attached hydrogens (tertiary/aromatic N) is 4. The van der Waals surface area contributed by atoms with Gasteiger partial charge in [-0.25, -0.2) is 9.98 Å². The van der Waals surface area contributed by atoms with Crippen LogP contribution in [0.5, 0.6) is 0 Å². The molecule has 0 saturated carbocycles. The Labute approximate surface area is 169 Å². The summed E-state index contributed by atoms with van der Waals surface area (Å²) in [6, 6.07) is 12.3. The summed E-state index contributed by atoms with van der Waals surface area (Å²) in [7, 11) is 0. The van der Waals surface area contributed by atoms with Gasteiger partial charge in [-0.3, -0.25) is 9.88 Å². The van der Waals surface area contributed by atoms with Crippen molar-refractivity contribution in [3.05, 3.63) is 71.4 Å². The lowest BCUT2D eigenvalue weighted by Crippen LogP contribution is -2.41. The molecule has 0 bridgehead atoms. The first-order valence-corrected chi connectivity index (χ1v) is 10.2. The molecule has 6 nitrogen and oxygen atoms in total. The first-order chi connectivity index (χ1) is 13.7. The maximum absolute atomic E-state index is 5.88. The summed E-state index contributed by atoms with van der Waals surface area (Å²) in [4.78, 5) is 15.7. The third-order valence-electron chi connectivity index (χ3n) is 4.50. The highest BCUT2D eigenvalue weighted by Gasteiger charge is 2.16. The van der Waals surface area contributed by atoms with E-state index in [0.29, 0.717) is 12.6 Å². The van der Waals surface area contributed by atoms with Crippen molar-refractivity contribution < 1.29 is 4.42 Å². The zero-order valence-corrected chi connectivity index (χ0v) is 16.9. The smallest absolute Gasteiger partial charge is 0.226 e. The van der Waals surface area contributed by atoms with Gasteiger partial charge in [-0.1, -0.05) is 35.5 Å². The number of oxazole rings is 1. The minimum absolute atomic E-state index is 0.677. The van der Waals surface area contributed by atoms with Crippen LogP contribution in [-0.2, 0) is 12.3 Å². The number of benzene rings is 1. The third-order valence-corrected chi connectivity index (χ3v) is 5.47. The van der Waals surface area contributed by atoms with Gasteiger partial charge in [0.15, 0.2) is 5.17 Å². The molecule has 0 fully saturated rings. The lowest BCUT2D eigenvalue weighted by atomic mass is 10.1. The predicted octanol–water partition coefficient (Wildman–Crippen LogP) is 3.96. The third kappa shape index (κ3) is 4.61. The van der Waals surface area contributed by atoms with Gasteiger partial charge in [-0.05, 0) is 37.6 Å². The van der Waals surface area contributed by atoms with Crippen LogP contribution >= 0.6 is 11.8 Å². The fourth-order valence-electron chi connectivity index (χ4n) is 3.00. The van der Waals surface area contributed by atoms with Crippen molar-refractivity contribution in [2.45, 2.75) is 26.1 Å². The van der Waals surface area contributed by atoms with Crippen LogP contribution in [0.3, 0.4) is 0 Å². The van der Waals surface area contributed by atoms with Crippen LogP contribution in [0.15, 0.2) is 58.2 Å². The standard InChI is InChI=1S/C21H23N5OS/c1-15-5-3-7-18(9-15)20-25-19(16(2)27-20)12-28-21-23-13-26(14-24-21)11-17-6-4-8-22-10-17/h3-10H,11-14H2,1-2H3,(H,23,24). The molecule has 144 valence electrons. The molecular weight excluding hydrogens is 370 g/mol. The summed E-state index contributed by atoms with van der Waals surface area (Å²) in [5, 5.41) is 4.33. The van der Waals surface area contributed by atoms with Crippen molar-refractivity contribution in [1.29, 1.82) is 0 Å². The molecule has 0 radical (unpaired) electrons. The molecule has 1 aliphatic heterocycles. The van der Waals surface area contributed by atoms with Gasteiger partial charge in [0.1, 0.15) is 5.76 Å². The minimum Gasteiger partial charge on any atom is -0.441 e. The molecule has 0 unspecified atom stereocenters. The molecule has 0 spiro atoms. The van der Waals surface area contributed by atoms with E-state index in [1.165, 1.54) is 11.1 Å². The van der Waals surface area contributed by atoms with Crippen molar-refractivity contribution >= 4 is 16.9 Å². The Kier molecular flexibility index (Phi) is 5.73. The van der Waals surface area contributed by atoms with Crippen LogP contribution < -0.4 is 5.32 Å². The highest BCUT2D eigenvalue weighted by molar-refractivity contribution is 8.13. The fraction of sp³-hybridized carbons (Fsp3) is 0.286. The van der Waals surface area contributed by atoms with Crippen LogP contribution in [0.4, 0.5) is 0 Å². The Bertz CT molecular complexity index is 970. The topological polar surface area (TPSA) is 66.6 Å². The Hall–Kier alpha value is -2.64. The predicted molar refractivity (Wildman–Crippen MR) is 113 cm³/mol. The van der Waals surface area contributed by atoms with Crippen LogP contribution in [-0.4, -0.2) is 33.4 Å². The van der Waals surface area contributed by atoms with Crippen molar-refractivity contribution in [1.82, 2.24) is 20.2 Å². The van der Waals surface area contributed by atoms with Gasteiger partial charge in [0.05, 0.1) is 19.0 Å². The van der Waals surface area contributed by atoms with Crippen molar-refractivity contribution in [2.75, 3.05) is 13.3 Å². The number of aliphatic imine (C=N–C) groups is 1. The van der Waals surface area contributed by atoms with Gasteiger partial charge >= 0.3 is 0 Å². The Morgan fingerprint density at radius 2 is 2.14 bits per heavy atom. The van der Waals surface area contributed by atoms with Gasteiger partial charge in [0.2, 0.25) is 5.89 Å². The zero-order chi connectivity index (χ0) is 19.3. The van der Waals surface area contributed by atoms with E-state index in [9.17, 15) is 0 Å². The van der Waals surface area contributed by atoms with Crippen LogP contribution in [0.2, 0.25) is 0 Å². The highest BCUT2D eigenvalue weighted by atomic mass is 32.2. The Balaban J connectivity index is 1.34. The van der Waals surface area contributed by atoms with Gasteiger partial charge < -0.3 is 9.73 Å². The van der Waals surface area contributed by atoms with E-state index in [4.69, 9.17) is 4.42 Å². The molecule has 0 amide bonds. The molecule has 7 heteroatoms. The summed E-state index contributed by atoms with van der Waals surface area (Å²) in [5.41, 5.74) is 4.36. The van der Waals surface area contributed by atoms with Gasteiger partial charge in [0, 0.05) is 30.3 Å². The van der Waals surface area contributed by atoms with E-state index in [1.54, 1.807) is 18.0 Å². The summed E-state index contributed by atoms with van der Waals surface area (Å²) in [6.45, 7) is 6.32. The second-order valence-electron chi connectivity index (χ2n) is 6.81. The van der Waals surface area contributed by atoms with E-state index in [1.807, 2.05) is 31.3 Å². The number of hydrogen-bond acceptors (Lipinski definition) is 7. The van der Waals surface area contributed by atoms with E-state index in [0.717, 1.165) is 41.2 Å². The molecule has 3 heterocycles. The van der Waals surface area contributed by atoms with E-state index < -0.39 is 0 Å². The zero-order valence-electron chi connectivity index (χ0n) is 16.1. The second-order valence-corrected chi connectivity index (χ2v) is 7.77. The average Bonchev–Trinajstić information content (AvgIpc) is 3.09. The molecule has 1 aromatic carbocycles. The Morgan fingerprint density at radius 3 is 2.89 bits per heavy atom. The van der Waals surface area contributed by atoms with Gasteiger partial charge in [-0.2, -0.15) is 0 Å². The van der Waals surface area contributed by atoms with Crippen LogP contribution in [0.1, 0.15) is 22.6 Å². The monoisotopic (exact) mass is 393 g/mol. The van der Waals surface area contributed by atoms with Crippen molar-refractivity contribution in [3.63, 3.8) is 0 Å². The average molecular weight is 394 g/mol. The fourth-order valence-corrected chi connectivity index (χ4v) is 3.86. The molecule has 0 saturated heterocycles. The number of aryl methyl sites for hydroxylation is 2. The van der Waals surface area contributed by atoms with E-state index in [-0.39, 0.29) is 0 Å². The van der Waals surface area contributed by atoms with E-state index >= 15 is 0 Å². The normalized spacial score (nSPS) is 14.6. The molecule has 2 aromatic heterocycles. The number of amidine groups is 1. The summed E-state index contributed by atoms with van der Waals surface area (Å²) in [6.07, 6.45) is 3.69. The van der Waals surface area contributed by atoms with Crippen LogP contribution in [0, 0.1) is 13.8 Å². The molecule has 3 aromatic rings. The first kappa shape index (κ1) is 18.7. The van der Waals surface area contributed by atoms with Crippen LogP contribution in [0.25, 0.3) is 11.5 Å². The highest BCUT2D eigenvalue weighted by Crippen LogP contribution is 2.25. The lowest BCUT2D eigenvalue weighted by Gasteiger charge is -2.26. The molecule has 28 heavy (non-hydrogen) atoms. The SMILES string of the molecule is Cc1cccc(-c2nc(CSC3=NCN(Cc4cccnc4)CN3)c(C)o2)c1. The van der Waals surface area contributed by atoms with Crippen molar-refractivity contribution in [2.24, 2.45) is 4.99 Å². The number of aromatic nitrogens is 2. The van der Waals surface area contributed by atoms with Crippen molar-refractivity contribution in [3.8, 4) is 11.5 Å². The number of rotatable bonds is 5. The molecule has 4 rings (SSSR count). The summed E-state index contributed by atoms with van der Waals surface area (Å²) >= 11 is 1.66. The number of thioether (sulfide) groups is 1. The second kappa shape index (κ2) is 8.58. The molecule has 0 aliphatic carbocycles. The quantitative estimate of drug-likeness (QED) is 0.708. The lowest BCUT2D eigenvalue weighted by molar-refractivity contribution is 0.258. The molecular formula is C21H23N5OS.